The normalized spacial score (nSPS) is 19.5. The predicted molar refractivity (Wildman–Crippen MR) is 103 cm³/mol. The number of halogens is 1. The second kappa shape index (κ2) is 7.91. The smallest absolute Gasteiger partial charge is 0.325 e. The minimum Gasteiger partial charge on any atom is -0.492 e. The Labute approximate surface area is 161 Å². The number of urea groups is 1. The van der Waals surface area contributed by atoms with E-state index in [2.05, 4.69) is 21.2 Å². The Morgan fingerprint density at radius 2 is 1.77 bits per heavy atom. The molecule has 5 nitrogen and oxygen atoms in total. The maximum Gasteiger partial charge on any atom is 0.325 e. The van der Waals surface area contributed by atoms with E-state index in [1.807, 2.05) is 54.6 Å². The maximum atomic E-state index is 12.7. The van der Waals surface area contributed by atoms with Crippen LogP contribution in [0, 0.1) is 0 Å². The first-order valence-corrected chi connectivity index (χ1v) is 9.34. The zero-order valence-electron chi connectivity index (χ0n) is 14.6. The van der Waals surface area contributed by atoms with Crippen LogP contribution in [0.2, 0.25) is 0 Å². The molecular weight excluding hydrogens is 396 g/mol. The van der Waals surface area contributed by atoms with Crippen molar-refractivity contribution in [2.45, 2.75) is 25.3 Å². The van der Waals surface area contributed by atoms with Gasteiger partial charge < -0.3 is 10.1 Å². The standard InChI is InChI=1S/C20H21BrN2O3/c1-20(12-11-15-5-3-2-4-6-15)18(24)23(19(25)22-20)13-14-26-17-9-7-16(21)8-10-17/h2-10H,11-14H2,1H3,(H,22,25)/t20-/m0/s1. The molecule has 26 heavy (non-hydrogen) atoms. The third-order valence-corrected chi connectivity index (χ3v) is 5.03. The number of carbonyl (C=O) groups excluding carboxylic acids is 2. The molecule has 1 aliphatic rings. The molecule has 136 valence electrons. The molecule has 0 aliphatic carbocycles. The van der Waals surface area contributed by atoms with E-state index in [1.165, 1.54) is 4.90 Å². The SMILES string of the molecule is C[C@@]1(CCc2ccccc2)NC(=O)N(CCOc2ccc(Br)cc2)C1=O. The van der Waals surface area contributed by atoms with Crippen LogP contribution in [0.4, 0.5) is 4.79 Å². The first-order valence-electron chi connectivity index (χ1n) is 8.54. The van der Waals surface area contributed by atoms with Gasteiger partial charge in [-0.3, -0.25) is 9.69 Å². The van der Waals surface area contributed by atoms with Crippen LogP contribution in [-0.4, -0.2) is 35.5 Å². The van der Waals surface area contributed by atoms with E-state index >= 15 is 0 Å². The fourth-order valence-electron chi connectivity index (χ4n) is 2.94. The molecule has 3 amide bonds. The van der Waals surface area contributed by atoms with E-state index in [4.69, 9.17) is 4.74 Å². The number of rotatable bonds is 7. The lowest BCUT2D eigenvalue weighted by atomic mass is 9.93. The van der Waals surface area contributed by atoms with E-state index in [9.17, 15) is 9.59 Å². The second-order valence-corrected chi connectivity index (χ2v) is 7.42. The lowest BCUT2D eigenvalue weighted by molar-refractivity contribution is -0.131. The molecule has 2 aromatic carbocycles. The maximum absolute atomic E-state index is 12.7. The molecule has 1 heterocycles. The zero-order valence-corrected chi connectivity index (χ0v) is 16.2. The molecule has 0 unspecified atom stereocenters. The number of nitrogens with one attached hydrogen (secondary N) is 1. The molecule has 0 radical (unpaired) electrons. The van der Waals surface area contributed by atoms with Crippen LogP contribution < -0.4 is 10.1 Å². The van der Waals surface area contributed by atoms with Crippen molar-refractivity contribution >= 4 is 27.9 Å². The number of ether oxygens (including phenoxy) is 1. The van der Waals surface area contributed by atoms with Gasteiger partial charge in [0.15, 0.2) is 0 Å². The fourth-order valence-corrected chi connectivity index (χ4v) is 3.21. The van der Waals surface area contributed by atoms with Gasteiger partial charge in [0.1, 0.15) is 17.9 Å². The van der Waals surface area contributed by atoms with Crippen LogP contribution in [0.1, 0.15) is 18.9 Å². The highest BCUT2D eigenvalue weighted by Crippen LogP contribution is 2.23. The van der Waals surface area contributed by atoms with E-state index in [1.54, 1.807) is 6.92 Å². The molecule has 2 aromatic rings. The Hall–Kier alpha value is -2.34. The largest absolute Gasteiger partial charge is 0.492 e. The monoisotopic (exact) mass is 416 g/mol. The van der Waals surface area contributed by atoms with Gasteiger partial charge >= 0.3 is 6.03 Å². The van der Waals surface area contributed by atoms with Gasteiger partial charge in [-0.15, -0.1) is 0 Å². The molecule has 0 saturated carbocycles. The van der Waals surface area contributed by atoms with Crippen molar-refractivity contribution in [3.8, 4) is 5.75 Å². The van der Waals surface area contributed by atoms with Gasteiger partial charge in [0.05, 0.1) is 6.54 Å². The van der Waals surface area contributed by atoms with E-state index in [0.29, 0.717) is 12.2 Å². The number of carbonyl (C=O) groups is 2. The summed E-state index contributed by atoms with van der Waals surface area (Å²) in [6.45, 7) is 2.27. The number of hydrogen-bond donors (Lipinski definition) is 1. The number of aryl methyl sites for hydroxylation is 1. The van der Waals surface area contributed by atoms with E-state index in [-0.39, 0.29) is 25.1 Å². The third-order valence-electron chi connectivity index (χ3n) is 4.50. The first kappa shape index (κ1) is 18.5. The van der Waals surface area contributed by atoms with Crippen LogP contribution in [0.25, 0.3) is 0 Å². The van der Waals surface area contributed by atoms with E-state index in [0.717, 1.165) is 16.5 Å². The lowest BCUT2D eigenvalue weighted by Crippen LogP contribution is -2.44. The Kier molecular flexibility index (Phi) is 5.61. The average molecular weight is 417 g/mol. The van der Waals surface area contributed by atoms with Crippen molar-refractivity contribution in [3.63, 3.8) is 0 Å². The summed E-state index contributed by atoms with van der Waals surface area (Å²) in [4.78, 5) is 26.2. The number of nitrogens with zero attached hydrogens (tertiary/aromatic N) is 1. The molecule has 0 aromatic heterocycles. The predicted octanol–water partition coefficient (Wildman–Crippen LogP) is 3.77. The number of hydrogen-bond acceptors (Lipinski definition) is 3. The first-order chi connectivity index (χ1) is 12.5. The van der Waals surface area contributed by atoms with Crippen LogP contribution in [0.15, 0.2) is 59.1 Å². The summed E-state index contributed by atoms with van der Waals surface area (Å²) in [7, 11) is 0. The summed E-state index contributed by atoms with van der Waals surface area (Å²) in [6.07, 6.45) is 1.29. The Balaban J connectivity index is 1.54. The van der Waals surface area contributed by atoms with Crippen LogP contribution in [0.3, 0.4) is 0 Å². The lowest BCUT2D eigenvalue weighted by Gasteiger charge is -2.21. The van der Waals surface area contributed by atoms with Crippen LogP contribution in [-0.2, 0) is 11.2 Å². The molecule has 0 spiro atoms. The highest BCUT2D eigenvalue weighted by atomic mass is 79.9. The van der Waals surface area contributed by atoms with Crippen molar-refractivity contribution < 1.29 is 14.3 Å². The molecule has 6 heteroatoms. The second-order valence-electron chi connectivity index (χ2n) is 6.51. The van der Waals surface area contributed by atoms with Crippen molar-refractivity contribution in [2.24, 2.45) is 0 Å². The summed E-state index contributed by atoms with van der Waals surface area (Å²) >= 11 is 3.37. The number of imide groups is 1. The van der Waals surface area contributed by atoms with Crippen molar-refractivity contribution in [1.29, 1.82) is 0 Å². The summed E-state index contributed by atoms with van der Waals surface area (Å²) in [5.41, 5.74) is 0.276. The van der Waals surface area contributed by atoms with Crippen molar-refractivity contribution in [3.05, 3.63) is 64.6 Å². The van der Waals surface area contributed by atoms with Gasteiger partial charge in [0, 0.05) is 4.47 Å². The number of benzene rings is 2. The Bertz CT molecular complexity index is 779. The fraction of sp³-hybridized carbons (Fsp3) is 0.300. The van der Waals surface area contributed by atoms with Crippen molar-refractivity contribution in [2.75, 3.05) is 13.2 Å². The molecular formula is C20H21BrN2O3. The quantitative estimate of drug-likeness (QED) is 0.698. The summed E-state index contributed by atoms with van der Waals surface area (Å²) < 4.78 is 6.59. The zero-order chi connectivity index (χ0) is 18.6. The Morgan fingerprint density at radius 1 is 1.08 bits per heavy atom. The molecule has 1 aliphatic heterocycles. The third kappa shape index (κ3) is 4.25. The Morgan fingerprint density at radius 3 is 2.46 bits per heavy atom. The molecule has 3 rings (SSSR count). The van der Waals surface area contributed by atoms with Crippen molar-refractivity contribution in [1.82, 2.24) is 10.2 Å². The van der Waals surface area contributed by atoms with Crippen LogP contribution >= 0.6 is 15.9 Å². The molecule has 1 atom stereocenters. The van der Waals surface area contributed by atoms with Gasteiger partial charge in [0.2, 0.25) is 0 Å². The summed E-state index contributed by atoms with van der Waals surface area (Å²) in [6, 6.07) is 17.0. The van der Waals surface area contributed by atoms with Gasteiger partial charge in [-0.1, -0.05) is 46.3 Å². The minimum absolute atomic E-state index is 0.196. The highest BCUT2D eigenvalue weighted by molar-refractivity contribution is 9.10. The van der Waals surface area contributed by atoms with Gasteiger partial charge in [-0.25, -0.2) is 4.79 Å². The molecule has 1 N–H and O–H groups in total. The van der Waals surface area contributed by atoms with Gasteiger partial charge in [-0.2, -0.15) is 0 Å². The minimum atomic E-state index is -0.871. The van der Waals surface area contributed by atoms with Gasteiger partial charge in [0.25, 0.3) is 5.91 Å². The molecule has 1 saturated heterocycles. The molecule has 0 bridgehead atoms. The molecule has 1 fully saturated rings. The highest BCUT2D eigenvalue weighted by Gasteiger charge is 2.47. The summed E-state index contributed by atoms with van der Waals surface area (Å²) in [5, 5.41) is 2.83. The van der Waals surface area contributed by atoms with Gasteiger partial charge in [-0.05, 0) is 49.6 Å². The van der Waals surface area contributed by atoms with Crippen LogP contribution in [0.5, 0.6) is 5.75 Å². The number of amides is 3. The van der Waals surface area contributed by atoms with E-state index < -0.39 is 5.54 Å². The summed E-state index contributed by atoms with van der Waals surface area (Å²) in [5.74, 6) is 0.505. The topological polar surface area (TPSA) is 58.6 Å². The average Bonchev–Trinajstić information content (AvgIpc) is 2.86.